The van der Waals surface area contributed by atoms with Gasteiger partial charge in [0.15, 0.2) is 5.96 Å². The highest BCUT2D eigenvalue weighted by molar-refractivity contribution is 14.0. The molecule has 0 aliphatic heterocycles. The van der Waals surface area contributed by atoms with Gasteiger partial charge in [-0.2, -0.15) is 0 Å². The Kier molecular flexibility index (Phi) is 12.7. The molecule has 1 aromatic carbocycles. The van der Waals surface area contributed by atoms with Crippen molar-refractivity contribution in [2.24, 2.45) is 4.99 Å². The van der Waals surface area contributed by atoms with Gasteiger partial charge >= 0.3 is 0 Å². The molecule has 7 heteroatoms. The molecule has 154 valence electrons. The lowest BCUT2D eigenvalue weighted by Gasteiger charge is -2.30. The lowest BCUT2D eigenvalue weighted by atomic mass is 9.95. The summed E-state index contributed by atoms with van der Waals surface area (Å²) in [5.74, 6) is 2.62. The predicted octanol–water partition coefficient (Wildman–Crippen LogP) is 4.34. The van der Waals surface area contributed by atoms with Crippen molar-refractivity contribution in [3.8, 4) is 0 Å². The van der Waals surface area contributed by atoms with E-state index in [1.807, 2.05) is 18.7 Å². The fourth-order valence-electron chi connectivity index (χ4n) is 3.22. The first-order valence-corrected chi connectivity index (χ1v) is 12.1. The van der Waals surface area contributed by atoms with Crippen LogP contribution in [0.15, 0.2) is 34.2 Å². The summed E-state index contributed by atoms with van der Waals surface area (Å²) in [5.41, 5.74) is 1.29. The van der Waals surface area contributed by atoms with Gasteiger partial charge in [-0.1, -0.05) is 31.0 Å². The first kappa shape index (κ1) is 24.8. The number of hydrogen-bond donors (Lipinski definition) is 2. The maximum absolute atomic E-state index is 12.1. The van der Waals surface area contributed by atoms with Crippen LogP contribution in [0, 0.1) is 6.92 Å². The molecule has 1 aliphatic carbocycles. The molecule has 0 aromatic heterocycles. The minimum Gasteiger partial charge on any atom is -0.357 e. The van der Waals surface area contributed by atoms with E-state index in [4.69, 9.17) is 4.99 Å². The monoisotopic (exact) mass is 523 g/mol. The van der Waals surface area contributed by atoms with Crippen molar-refractivity contribution >= 4 is 52.5 Å². The molecular formula is C20H34IN3OS2. The first-order valence-electron chi connectivity index (χ1n) is 9.73. The number of aryl methyl sites for hydroxylation is 1. The van der Waals surface area contributed by atoms with Crippen molar-refractivity contribution in [3.05, 3.63) is 29.8 Å². The number of aliphatic imine (C=N–C) groups is 1. The fourth-order valence-corrected chi connectivity index (χ4v) is 5.31. The second kappa shape index (κ2) is 13.8. The van der Waals surface area contributed by atoms with E-state index in [-0.39, 0.29) is 24.0 Å². The Hall–Kier alpha value is -0.280. The molecule has 2 N–H and O–H groups in total. The number of halogens is 1. The Balaban J connectivity index is 0.00000364. The van der Waals surface area contributed by atoms with E-state index >= 15 is 0 Å². The summed E-state index contributed by atoms with van der Waals surface area (Å²) in [6, 6.07) is 9.02. The van der Waals surface area contributed by atoms with Gasteiger partial charge in [0.1, 0.15) is 0 Å². The number of benzene rings is 1. The fraction of sp³-hybridized carbons (Fsp3) is 0.650. The zero-order chi connectivity index (χ0) is 18.8. The van der Waals surface area contributed by atoms with Crippen molar-refractivity contribution in [2.75, 3.05) is 24.6 Å². The summed E-state index contributed by atoms with van der Waals surface area (Å²) in [5, 5.41) is 7.25. The van der Waals surface area contributed by atoms with E-state index in [9.17, 15) is 4.21 Å². The predicted molar refractivity (Wildman–Crippen MR) is 131 cm³/mol. The largest absolute Gasteiger partial charge is 0.357 e. The van der Waals surface area contributed by atoms with Crippen molar-refractivity contribution in [2.45, 2.75) is 62.6 Å². The second-order valence-electron chi connectivity index (χ2n) is 6.72. The smallest absolute Gasteiger partial charge is 0.191 e. The van der Waals surface area contributed by atoms with Crippen LogP contribution in [0.4, 0.5) is 0 Å². The van der Waals surface area contributed by atoms with E-state index < -0.39 is 10.8 Å². The number of nitrogens with one attached hydrogen (secondary N) is 2. The highest BCUT2D eigenvalue weighted by Gasteiger charge is 2.25. The molecule has 0 amide bonds. The molecule has 0 saturated heterocycles. The van der Waals surface area contributed by atoms with E-state index in [2.05, 4.69) is 48.7 Å². The molecule has 0 spiro atoms. The molecular weight excluding hydrogens is 489 g/mol. The number of thioether (sulfide) groups is 1. The first-order chi connectivity index (χ1) is 12.6. The zero-order valence-electron chi connectivity index (χ0n) is 16.7. The third-order valence-corrected chi connectivity index (χ3v) is 7.35. The Morgan fingerprint density at radius 3 is 2.67 bits per heavy atom. The number of guanidine groups is 1. The van der Waals surface area contributed by atoms with Crippen LogP contribution in [0.1, 0.15) is 45.1 Å². The van der Waals surface area contributed by atoms with Crippen LogP contribution in [0.25, 0.3) is 0 Å². The van der Waals surface area contributed by atoms with Crippen molar-refractivity contribution < 1.29 is 4.21 Å². The van der Waals surface area contributed by atoms with Gasteiger partial charge in [-0.3, -0.25) is 9.20 Å². The van der Waals surface area contributed by atoms with Crippen LogP contribution in [0.5, 0.6) is 0 Å². The molecule has 1 aromatic rings. The summed E-state index contributed by atoms with van der Waals surface area (Å²) in [6.45, 7) is 7.86. The normalized spacial score (nSPS) is 21.2. The molecule has 1 fully saturated rings. The van der Waals surface area contributed by atoms with Gasteiger partial charge in [0.25, 0.3) is 0 Å². The van der Waals surface area contributed by atoms with Crippen LogP contribution in [0.2, 0.25) is 0 Å². The van der Waals surface area contributed by atoms with E-state index in [1.165, 1.54) is 10.5 Å². The summed E-state index contributed by atoms with van der Waals surface area (Å²) in [4.78, 5) is 6.02. The Labute approximate surface area is 188 Å². The van der Waals surface area contributed by atoms with Crippen LogP contribution in [-0.4, -0.2) is 46.1 Å². The highest BCUT2D eigenvalue weighted by atomic mass is 127. The molecule has 0 bridgehead atoms. The van der Waals surface area contributed by atoms with Crippen LogP contribution in [-0.2, 0) is 10.8 Å². The topological polar surface area (TPSA) is 53.5 Å². The zero-order valence-corrected chi connectivity index (χ0v) is 20.7. The molecule has 3 unspecified atom stereocenters. The number of nitrogens with zero attached hydrogens (tertiary/aromatic N) is 1. The third-order valence-electron chi connectivity index (χ3n) is 4.62. The third kappa shape index (κ3) is 9.17. The lowest BCUT2D eigenvalue weighted by molar-refractivity contribution is 0.413. The van der Waals surface area contributed by atoms with Crippen molar-refractivity contribution in [3.63, 3.8) is 0 Å². The van der Waals surface area contributed by atoms with Gasteiger partial charge in [0.05, 0.1) is 6.54 Å². The average molecular weight is 524 g/mol. The summed E-state index contributed by atoms with van der Waals surface area (Å²) >= 11 is 1.84. The Morgan fingerprint density at radius 1 is 1.26 bits per heavy atom. The van der Waals surface area contributed by atoms with Crippen LogP contribution < -0.4 is 10.6 Å². The van der Waals surface area contributed by atoms with E-state index in [0.29, 0.717) is 11.3 Å². The summed E-state index contributed by atoms with van der Waals surface area (Å²) in [7, 11) is -0.686. The van der Waals surface area contributed by atoms with Crippen molar-refractivity contribution in [1.82, 2.24) is 10.6 Å². The lowest BCUT2D eigenvalue weighted by Crippen LogP contribution is -2.46. The SMILES string of the molecule is CCNC(=NCCSc1ccc(C)cc1)NC1CCCC(S(=O)CC)C1.I. The quantitative estimate of drug-likeness (QED) is 0.175. The minimum absolute atomic E-state index is 0. The molecule has 2 rings (SSSR count). The molecule has 0 heterocycles. The molecule has 3 atom stereocenters. The highest BCUT2D eigenvalue weighted by Crippen LogP contribution is 2.23. The van der Waals surface area contributed by atoms with Gasteiger partial charge in [-0.25, -0.2) is 0 Å². The van der Waals surface area contributed by atoms with Crippen LogP contribution in [0.3, 0.4) is 0 Å². The Morgan fingerprint density at radius 2 is 2.00 bits per heavy atom. The van der Waals surface area contributed by atoms with Gasteiger partial charge in [0.2, 0.25) is 0 Å². The average Bonchev–Trinajstić information content (AvgIpc) is 2.66. The molecule has 1 aliphatic rings. The van der Waals surface area contributed by atoms with E-state index in [1.54, 1.807) is 0 Å². The van der Waals surface area contributed by atoms with Gasteiger partial charge in [-0.15, -0.1) is 35.7 Å². The second-order valence-corrected chi connectivity index (χ2v) is 9.90. The maximum atomic E-state index is 12.1. The van der Waals surface area contributed by atoms with Crippen molar-refractivity contribution in [1.29, 1.82) is 0 Å². The van der Waals surface area contributed by atoms with Crippen LogP contribution >= 0.6 is 35.7 Å². The number of rotatable bonds is 8. The number of hydrogen-bond acceptors (Lipinski definition) is 3. The van der Waals surface area contributed by atoms with Gasteiger partial charge in [-0.05, 0) is 45.2 Å². The molecule has 1 saturated carbocycles. The van der Waals surface area contributed by atoms with Gasteiger partial charge in [0, 0.05) is 45.0 Å². The molecule has 4 nitrogen and oxygen atoms in total. The maximum Gasteiger partial charge on any atom is 0.191 e. The van der Waals surface area contributed by atoms with Gasteiger partial charge < -0.3 is 10.6 Å². The summed E-state index contributed by atoms with van der Waals surface area (Å²) < 4.78 is 12.1. The van der Waals surface area contributed by atoms with E-state index in [0.717, 1.165) is 56.2 Å². The Bertz CT molecular complexity index is 595. The summed E-state index contributed by atoms with van der Waals surface area (Å²) in [6.07, 6.45) is 4.37. The molecule has 0 radical (unpaired) electrons. The molecule has 27 heavy (non-hydrogen) atoms. The standard InChI is InChI=1S/C20H33N3OS2.HI/c1-4-21-20(22-13-14-25-18-11-9-16(3)10-12-18)23-17-7-6-8-19(15-17)26(24)5-2;/h9-12,17,19H,4-8,13-15H2,1-3H3,(H2,21,22,23);1H. The minimum atomic E-state index is -0.686.